The summed E-state index contributed by atoms with van der Waals surface area (Å²) in [5, 5.41) is 3.06. The molecule has 1 saturated heterocycles. The van der Waals surface area contributed by atoms with Gasteiger partial charge >= 0.3 is 0 Å². The van der Waals surface area contributed by atoms with Gasteiger partial charge in [-0.15, -0.1) is 0 Å². The molecule has 1 aromatic carbocycles. The molecule has 0 spiro atoms. The largest absolute Gasteiger partial charge is 0.345 e. The Labute approximate surface area is 173 Å². The first kappa shape index (κ1) is 19.7. The molecule has 4 rings (SSSR count). The minimum absolute atomic E-state index is 0.0606. The maximum absolute atomic E-state index is 13.0. The highest BCUT2D eigenvalue weighted by Gasteiger charge is 2.23. The molecule has 2 aliphatic rings. The second-order valence-electron chi connectivity index (χ2n) is 8.52. The van der Waals surface area contributed by atoms with Crippen LogP contribution in [0.1, 0.15) is 78.3 Å². The van der Waals surface area contributed by atoms with Crippen molar-refractivity contribution in [2.24, 2.45) is 0 Å². The lowest BCUT2D eigenvalue weighted by Crippen LogP contribution is -2.23. The molecule has 154 valence electrons. The zero-order valence-electron chi connectivity index (χ0n) is 17.5. The van der Waals surface area contributed by atoms with E-state index in [0.29, 0.717) is 19.0 Å². The smallest absolute Gasteiger partial charge is 0.257 e. The standard InChI is InChI=1S/C24H31N3O2/c1-17-14-22(18(2)27(17)21-10-4-3-5-11-21)24(29)25-20-9-6-8-19(15-20)16-26-13-7-12-23(26)28/h6,8-9,14-15,21H,3-5,7,10-13,16H2,1-2H3,(H,25,29). The van der Waals surface area contributed by atoms with Gasteiger partial charge in [-0.2, -0.15) is 0 Å². The maximum atomic E-state index is 13.0. The van der Waals surface area contributed by atoms with Gasteiger partial charge in [-0.3, -0.25) is 9.59 Å². The van der Waals surface area contributed by atoms with Gasteiger partial charge in [0.2, 0.25) is 5.91 Å². The summed E-state index contributed by atoms with van der Waals surface area (Å²) in [6.45, 7) is 5.60. The number of aromatic nitrogens is 1. The van der Waals surface area contributed by atoms with Gasteiger partial charge < -0.3 is 14.8 Å². The summed E-state index contributed by atoms with van der Waals surface area (Å²) < 4.78 is 2.36. The van der Waals surface area contributed by atoms with Gasteiger partial charge in [-0.25, -0.2) is 0 Å². The Bertz CT molecular complexity index is 909. The van der Waals surface area contributed by atoms with Crippen molar-refractivity contribution in [3.63, 3.8) is 0 Å². The first-order valence-corrected chi connectivity index (χ1v) is 10.9. The molecule has 1 aromatic heterocycles. The van der Waals surface area contributed by atoms with Crippen LogP contribution in [-0.4, -0.2) is 27.8 Å². The van der Waals surface area contributed by atoms with Crippen molar-refractivity contribution in [1.29, 1.82) is 0 Å². The molecule has 0 unspecified atom stereocenters. The number of nitrogens with zero attached hydrogens (tertiary/aromatic N) is 2. The average Bonchev–Trinajstić information content (AvgIpc) is 3.25. The Hall–Kier alpha value is -2.56. The number of hydrogen-bond donors (Lipinski definition) is 1. The zero-order valence-corrected chi connectivity index (χ0v) is 17.5. The van der Waals surface area contributed by atoms with Crippen molar-refractivity contribution in [1.82, 2.24) is 9.47 Å². The molecule has 29 heavy (non-hydrogen) atoms. The fraction of sp³-hybridized carbons (Fsp3) is 0.500. The number of nitrogens with one attached hydrogen (secondary N) is 1. The van der Waals surface area contributed by atoms with E-state index in [1.54, 1.807) is 0 Å². The van der Waals surface area contributed by atoms with Gasteiger partial charge in [-0.05, 0) is 56.9 Å². The van der Waals surface area contributed by atoms with Crippen LogP contribution in [0, 0.1) is 13.8 Å². The third-order valence-electron chi connectivity index (χ3n) is 6.40. The van der Waals surface area contributed by atoms with E-state index in [4.69, 9.17) is 0 Å². The summed E-state index contributed by atoms with van der Waals surface area (Å²) >= 11 is 0. The Kier molecular flexibility index (Phi) is 5.74. The number of carbonyl (C=O) groups excluding carboxylic acids is 2. The summed E-state index contributed by atoms with van der Waals surface area (Å²) in [5.74, 6) is 0.157. The van der Waals surface area contributed by atoms with Crippen molar-refractivity contribution in [2.75, 3.05) is 11.9 Å². The van der Waals surface area contributed by atoms with Gasteiger partial charge in [0.15, 0.2) is 0 Å². The van der Waals surface area contributed by atoms with E-state index < -0.39 is 0 Å². The SMILES string of the molecule is Cc1cc(C(=O)Nc2cccc(CN3CCCC3=O)c2)c(C)n1C1CCCCC1. The molecule has 5 nitrogen and oxygen atoms in total. The predicted octanol–water partition coefficient (Wildman–Crippen LogP) is 4.98. The summed E-state index contributed by atoms with van der Waals surface area (Å²) in [5.41, 5.74) is 4.81. The highest BCUT2D eigenvalue weighted by atomic mass is 16.2. The van der Waals surface area contributed by atoms with Gasteiger partial charge in [0.05, 0.1) is 5.56 Å². The maximum Gasteiger partial charge on any atom is 0.257 e. The lowest BCUT2D eigenvalue weighted by Gasteiger charge is -2.26. The van der Waals surface area contributed by atoms with Crippen LogP contribution in [-0.2, 0) is 11.3 Å². The molecule has 2 amide bonds. The Morgan fingerprint density at radius 1 is 1.10 bits per heavy atom. The summed E-state index contributed by atoms with van der Waals surface area (Å²) in [7, 11) is 0. The van der Waals surface area contributed by atoms with Crippen molar-refractivity contribution in [3.05, 3.63) is 52.8 Å². The molecule has 2 aromatic rings. The highest BCUT2D eigenvalue weighted by Crippen LogP contribution is 2.32. The van der Waals surface area contributed by atoms with Crippen LogP contribution in [0.25, 0.3) is 0 Å². The third-order valence-corrected chi connectivity index (χ3v) is 6.40. The Balaban J connectivity index is 1.48. The van der Waals surface area contributed by atoms with E-state index in [-0.39, 0.29) is 11.8 Å². The van der Waals surface area contributed by atoms with Crippen LogP contribution in [0.2, 0.25) is 0 Å². The molecule has 1 saturated carbocycles. The number of aryl methyl sites for hydroxylation is 1. The number of rotatable bonds is 5. The van der Waals surface area contributed by atoms with Crippen LogP contribution < -0.4 is 5.32 Å². The molecule has 1 aliphatic carbocycles. The van der Waals surface area contributed by atoms with Crippen LogP contribution in [0.4, 0.5) is 5.69 Å². The number of anilines is 1. The summed E-state index contributed by atoms with van der Waals surface area (Å²) in [6, 6.07) is 10.4. The van der Waals surface area contributed by atoms with E-state index >= 15 is 0 Å². The van der Waals surface area contributed by atoms with Gasteiger partial charge in [-0.1, -0.05) is 31.4 Å². The van der Waals surface area contributed by atoms with E-state index in [0.717, 1.165) is 35.5 Å². The number of carbonyl (C=O) groups is 2. The van der Waals surface area contributed by atoms with Gasteiger partial charge in [0, 0.05) is 42.6 Å². The van der Waals surface area contributed by atoms with Crippen LogP contribution in [0.15, 0.2) is 30.3 Å². The Morgan fingerprint density at radius 3 is 2.62 bits per heavy atom. The lowest BCUT2D eigenvalue weighted by molar-refractivity contribution is -0.128. The molecule has 0 atom stereocenters. The van der Waals surface area contributed by atoms with Crippen molar-refractivity contribution in [2.45, 2.75) is 71.4 Å². The minimum Gasteiger partial charge on any atom is -0.345 e. The second-order valence-corrected chi connectivity index (χ2v) is 8.52. The number of likely N-dealkylation sites (tertiary alicyclic amines) is 1. The van der Waals surface area contributed by atoms with Crippen LogP contribution in [0.3, 0.4) is 0 Å². The first-order valence-electron chi connectivity index (χ1n) is 10.9. The average molecular weight is 394 g/mol. The minimum atomic E-state index is -0.0606. The molecular weight excluding hydrogens is 362 g/mol. The lowest BCUT2D eigenvalue weighted by atomic mass is 9.95. The summed E-state index contributed by atoms with van der Waals surface area (Å²) in [6.07, 6.45) is 7.86. The van der Waals surface area contributed by atoms with Gasteiger partial charge in [0.25, 0.3) is 5.91 Å². The third kappa shape index (κ3) is 4.24. The fourth-order valence-corrected chi connectivity index (χ4v) is 4.95. The van der Waals surface area contributed by atoms with Gasteiger partial charge in [0.1, 0.15) is 0 Å². The van der Waals surface area contributed by atoms with Crippen LogP contribution in [0.5, 0.6) is 0 Å². The number of benzene rings is 1. The highest BCUT2D eigenvalue weighted by molar-refractivity contribution is 6.05. The predicted molar refractivity (Wildman–Crippen MR) is 115 cm³/mol. The topological polar surface area (TPSA) is 54.3 Å². The Morgan fingerprint density at radius 2 is 1.90 bits per heavy atom. The van der Waals surface area contributed by atoms with Crippen molar-refractivity contribution >= 4 is 17.5 Å². The van der Waals surface area contributed by atoms with Crippen LogP contribution >= 0.6 is 0 Å². The van der Waals surface area contributed by atoms with E-state index in [1.165, 1.54) is 37.8 Å². The summed E-state index contributed by atoms with van der Waals surface area (Å²) in [4.78, 5) is 26.8. The molecule has 1 N–H and O–H groups in total. The molecule has 0 bridgehead atoms. The normalized spacial score (nSPS) is 17.7. The molecule has 2 heterocycles. The first-order chi connectivity index (χ1) is 14.0. The van der Waals surface area contributed by atoms with Crippen molar-refractivity contribution < 1.29 is 9.59 Å². The van der Waals surface area contributed by atoms with E-state index in [9.17, 15) is 9.59 Å². The zero-order chi connectivity index (χ0) is 20.4. The molecule has 1 aliphatic heterocycles. The fourth-order valence-electron chi connectivity index (χ4n) is 4.95. The number of amides is 2. The quantitative estimate of drug-likeness (QED) is 0.778. The monoisotopic (exact) mass is 393 g/mol. The van der Waals surface area contributed by atoms with Crippen molar-refractivity contribution in [3.8, 4) is 0 Å². The molecule has 2 fully saturated rings. The van der Waals surface area contributed by atoms with E-state index in [2.05, 4.69) is 23.7 Å². The second kappa shape index (κ2) is 8.44. The molecule has 0 radical (unpaired) electrons. The molecule has 5 heteroatoms. The van der Waals surface area contributed by atoms with E-state index in [1.807, 2.05) is 35.2 Å². The molecular formula is C24H31N3O2. The number of hydrogen-bond acceptors (Lipinski definition) is 2.